The van der Waals surface area contributed by atoms with Crippen LogP contribution in [0, 0.1) is 6.92 Å². The second-order valence-corrected chi connectivity index (χ2v) is 3.89. The van der Waals surface area contributed by atoms with Crippen molar-refractivity contribution in [2.24, 2.45) is 5.84 Å². The van der Waals surface area contributed by atoms with Gasteiger partial charge in [0, 0.05) is 5.56 Å². The van der Waals surface area contributed by atoms with E-state index < -0.39 is 11.4 Å². The van der Waals surface area contributed by atoms with Crippen LogP contribution in [-0.2, 0) is 0 Å². The van der Waals surface area contributed by atoms with Crippen molar-refractivity contribution in [2.75, 3.05) is 7.11 Å². The molecule has 1 unspecified atom stereocenters. The minimum atomic E-state index is -3.49. The minimum Gasteiger partial charge on any atom is -0.496 e. The van der Waals surface area contributed by atoms with Crippen molar-refractivity contribution < 1.29 is 13.5 Å². The van der Waals surface area contributed by atoms with E-state index in [2.05, 4.69) is 0 Å². The number of rotatable bonds is 4. The maximum atomic E-state index is 13.1. The lowest BCUT2D eigenvalue weighted by Gasteiger charge is -2.23. The van der Waals surface area contributed by atoms with Gasteiger partial charge in [-0.3, -0.25) is 5.84 Å². The Kier molecular flexibility index (Phi) is 4.07. The largest absolute Gasteiger partial charge is 0.496 e. The number of nitrogens with two attached hydrogens (primary N) is 1. The molecule has 0 saturated heterocycles. The third-order valence-electron chi connectivity index (χ3n) is 2.19. The normalized spacial score (nSPS) is 13.6. The van der Waals surface area contributed by atoms with E-state index in [0.717, 1.165) is 5.56 Å². The van der Waals surface area contributed by atoms with Gasteiger partial charge in [-0.25, -0.2) is 5.43 Å². The summed E-state index contributed by atoms with van der Waals surface area (Å²) in [7, 11) is 1.40. The van der Waals surface area contributed by atoms with Crippen LogP contribution in [0.5, 0.6) is 5.75 Å². The van der Waals surface area contributed by atoms with Crippen molar-refractivity contribution in [2.45, 2.75) is 18.3 Å². The molecule has 0 fully saturated rings. The van der Waals surface area contributed by atoms with Crippen LogP contribution < -0.4 is 16.0 Å². The van der Waals surface area contributed by atoms with Gasteiger partial charge in [-0.1, -0.05) is 17.7 Å². The highest BCUT2D eigenvalue weighted by Gasteiger charge is 2.39. The quantitative estimate of drug-likeness (QED) is 0.490. The van der Waals surface area contributed by atoms with Gasteiger partial charge in [0.2, 0.25) is 0 Å². The maximum absolute atomic E-state index is 13.1. The molecular formula is C10H13ClF2N2O. The summed E-state index contributed by atoms with van der Waals surface area (Å²) >= 11 is 4.98. The van der Waals surface area contributed by atoms with Gasteiger partial charge in [-0.2, -0.15) is 8.78 Å². The Morgan fingerprint density at radius 1 is 1.50 bits per heavy atom. The minimum absolute atomic E-state index is 0.227. The van der Waals surface area contributed by atoms with Crippen LogP contribution in [0.2, 0.25) is 0 Å². The van der Waals surface area contributed by atoms with Crippen molar-refractivity contribution >= 4 is 11.6 Å². The van der Waals surface area contributed by atoms with Crippen molar-refractivity contribution in [3.8, 4) is 5.75 Å². The molecule has 0 spiro atoms. The van der Waals surface area contributed by atoms with Crippen LogP contribution in [0.1, 0.15) is 17.2 Å². The second kappa shape index (κ2) is 4.95. The first-order valence-electron chi connectivity index (χ1n) is 4.57. The number of alkyl halides is 3. The predicted molar refractivity (Wildman–Crippen MR) is 58.6 cm³/mol. The number of ether oxygens (including phenoxy) is 1. The third kappa shape index (κ3) is 2.81. The van der Waals surface area contributed by atoms with Crippen LogP contribution in [-0.4, -0.2) is 12.5 Å². The molecule has 0 saturated carbocycles. The lowest BCUT2D eigenvalue weighted by molar-refractivity contribution is 0.0487. The van der Waals surface area contributed by atoms with E-state index in [9.17, 15) is 8.78 Å². The zero-order valence-corrected chi connectivity index (χ0v) is 9.68. The molecule has 0 amide bonds. The molecule has 90 valence electrons. The Bertz CT molecular complexity index is 368. The van der Waals surface area contributed by atoms with Gasteiger partial charge in [0.1, 0.15) is 11.8 Å². The molecule has 0 aliphatic carbocycles. The molecule has 1 aromatic rings. The monoisotopic (exact) mass is 250 g/mol. The van der Waals surface area contributed by atoms with Gasteiger partial charge < -0.3 is 4.74 Å². The maximum Gasteiger partial charge on any atom is 0.342 e. The SMILES string of the molecule is COc1ccc(C)cc1C(NN)C(F)(F)Cl. The molecule has 0 bridgehead atoms. The zero-order valence-electron chi connectivity index (χ0n) is 8.93. The van der Waals surface area contributed by atoms with E-state index in [4.69, 9.17) is 22.2 Å². The molecule has 0 aliphatic rings. The Labute approximate surface area is 97.5 Å². The number of halogens is 3. The summed E-state index contributed by atoms with van der Waals surface area (Å²) in [5.74, 6) is 5.41. The molecule has 0 heterocycles. The van der Waals surface area contributed by atoms with E-state index >= 15 is 0 Å². The van der Waals surface area contributed by atoms with E-state index in [1.165, 1.54) is 7.11 Å². The summed E-state index contributed by atoms with van der Waals surface area (Å²) in [6.07, 6.45) is 0. The van der Waals surface area contributed by atoms with E-state index in [0.29, 0.717) is 5.75 Å². The van der Waals surface area contributed by atoms with Crippen molar-refractivity contribution in [1.29, 1.82) is 0 Å². The summed E-state index contributed by atoms with van der Waals surface area (Å²) in [4.78, 5) is 0. The summed E-state index contributed by atoms with van der Waals surface area (Å²) in [5, 5.41) is -3.49. The number of nitrogens with one attached hydrogen (secondary N) is 1. The highest BCUT2D eigenvalue weighted by atomic mass is 35.5. The fourth-order valence-electron chi connectivity index (χ4n) is 1.44. The van der Waals surface area contributed by atoms with E-state index in [-0.39, 0.29) is 5.56 Å². The molecule has 3 N–H and O–H groups in total. The highest BCUT2D eigenvalue weighted by Crippen LogP contribution is 2.38. The van der Waals surface area contributed by atoms with Gasteiger partial charge >= 0.3 is 5.38 Å². The molecule has 6 heteroatoms. The van der Waals surface area contributed by atoms with Gasteiger partial charge in [-0.05, 0) is 24.6 Å². The first-order valence-corrected chi connectivity index (χ1v) is 4.95. The lowest BCUT2D eigenvalue weighted by atomic mass is 10.0. The molecular weight excluding hydrogens is 238 g/mol. The summed E-state index contributed by atoms with van der Waals surface area (Å²) in [5.41, 5.74) is 3.04. The number of hydrogen-bond acceptors (Lipinski definition) is 3. The summed E-state index contributed by atoms with van der Waals surface area (Å²) < 4.78 is 31.2. The predicted octanol–water partition coefficient (Wildman–Crippen LogP) is 2.34. The first-order chi connectivity index (χ1) is 7.40. The van der Waals surface area contributed by atoms with E-state index in [1.807, 2.05) is 5.43 Å². The topological polar surface area (TPSA) is 47.3 Å². The Hall–Kier alpha value is -0.910. The van der Waals surface area contributed by atoms with E-state index in [1.54, 1.807) is 25.1 Å². The lowest BCUT2D eigenvalue weighted by Crippen LogP contribution is -2.38. The number of benzene rings is 1. The fraction of sp³-hybridized carbons (Fsp3) is 0.400. The average Bonchev–Trinajstić information content (AvgIpc) is 2.17. The summed E-state index contributed by atoms with van der Waals surface area (Å²) in [6, 6.07) is 3.41. The molecule has 0 aliphatic heterocycles. The Morgan fingerprint density at radius 3 is 2.56 bits per heavy atom. The molecule has 1 atom stereocenters. The highest BCUT2D eigenvalue weighted by molar-refractivity contribution is 6.22. The number of hydrogen-bond donors (Lipinski definition) is 2. The van der Waals surface area contributed by atoms with Crippen molar-refractivity contribution in [3.05, 3.63) is 29.3 Å². The zero-order chi connectivity index (χ0) is 12.3. The smallest absolute Gasteiger partial charge is 0.342 e. The standard InChI is InChI=1S/C10H13ClF2N2O/c1-6-3-4-8(16-2)7(5-6)9(15-14)10(11,12)13/h3-5,9,15H,14H2,1-2H3. The van der Waals surface area contributed by atoms with Crippen LogP contribution in [0.3, 0.4) is 0 Å². The van der Waals surface area contributed by atoms with Crippen LogP contribution >= 0.6 is 11.6 Å². The molecule has 0 radical (unpaired) electrons. The number of methoxy groups -OCH3 is 1. The fourth-order valence-corrected chi connectivity index (χ4v) is 1.62. The third-order valence-corrected chi connectivity index (χ3v) is 2.41. The van der Waals surface area contributed by atoms with Gasteiger partial charge in [0.25, 0.3) is 0 Å². The van der Waals surface area contributed by atoms with Gasteiger partial charge in [0.05, 0.1) is 7.11 Å². The van der Waals surface area contributed by atoms with Crippen LogP contribution in [0.15, 0.2) is 18.2 Å². The van der Waals surface area contributed by atoms with Crippen molar-refractivity contribution in [3.63, 3.8) is 0 Å². The van der Waals surface area contributed by atoms with Gasteiger partial charge in [-0.15, -0.1) is 0 Å². The van der Waals surface area contributed by atoms with Crippen LogP contribution in [0.4, 0.5) is 8.78 Å². The number of aryl methyl sites for hydroxylation is 1. The second-order valence-electron chi connectivity index (χ2n) is 3.39. The molecule has 3 nitrogen and oxygen atoms in total. The number of hydrazine groups is 1. The molecule has 0 aromatic heterocycles. The van der Waals surface area contributed by atoms with Crippen LogP contribution in [0.25, 0.3) is 0 Å². The van der Waals surface area contributed by atoms with Crippen molar-refractivity contribution in [1.82, 2.24) is 5.43 Å². The summed E-state index contributed by atoms with van der Waals surface area (Å²) in [6.45, 7) is 1.78. The van der Waals surface area contributed by atoms with Gasteiger partial charge in [0.15, 0.2) is 0 Å². The molecule has 16 heavy (non-hydrogen) atoms. The Balaban J connectivity index is 3.23. The average molecular weight is 251 g/mol. The first kappa shape index (κ1) is 13.2. The molecule has 1 rings (SSSR count). The molecule has 1 aromatic carbocycles. The Morgan fingerprint density at radius 2 is 2.12 bits per heavy atom.